The van der Waals surface area contributed by atoms with Gasteiger partial charge in [0.25, 0.3) is 0 Å². The van der Waals surface area contributed by atoms with Gasteiger partial charge in [-0.25, -0.2) is 15.0 Å². The van der Waals surface area contributed by atoms with Crippen molar-refractivity contribution in [1.82, 2.24) is 24.8 Å². The van der Waals surface area contributed by atoms with Crippen LogP contribution in [0.4, 0.5) is 5.82 Å². The highest BCUT2D eigenvalue weighted by Gasteiger charge is 2.22. The first-order valence-corrected chi connectivity index (χ1v) is 8.96. The minimum Gasteiger partial charge on any atom is -0.354 e. The molecule has 0 radical (unpaired) electrons. The van der Waals surface area contributed by atoms with Crippen molar-refractivity contribution in [2.45, 2.75) is 45.1 Å². The first-order valence-electron chi connectivity index (χ1n) is 8.96. The Morgan fingerprint density at radius 3 is 3.04 bits per heavy atom. The highest BCUT2D eigenvalue weighted by Crippen LogP contribution is 2.18. The number of aryl methyl sites for hydroxylation is 3. The topological polar surface area (TPSA) is 75.9 Å². The van der Waals surface area contributed by atoms with Gasteiger partial charge in [-0.15, -0.1) is 0 Å². The van der Waals surface area contributed by atoms with Crippen LogP contribution in [0.3, 0.4) is 0 Å². The standard InChI is InChI=1S/C18H26N6O/c1-3-14-9-17(21-12-20-14)24-8-4-5-15(11-24)22-18(25)7-6-16-10-19-13-23(16)2/h9-10,12-13,15H,3-8,11H2,1-2H3,(H,22,25). The zero-order valence-electron chi connectivity index (χ0n) is 15.0. The average molecular weight is 342 g/mol. The van der Waals surface area contributed by atoms with Crippen molar-refractivity contribution in [3.63, 3.8) is 0 Å². The highest BCUT2D eigenvalue weighted by molar-refractivity contribution is 5.76. The van der Waals surface area contributed by atoms with Crippen molar-refractivity contribution in [3.05, 3.63) is 36.3 Å². The van der Waals surface area contributed by atoms with Crippen LogP contribution < -0.4 is 10.2 Å². The van der Waals surface area contributed by atoms with Crippen molar-refractivity contribution in [3.8, 4) is 0 Å². The predicted octanol–water partition coefficient (Wildman–Crippen LogP) is 1.49. The van der Waals surface area contributed by atoms with Gasteiger partial charge >= 0.3 is 0 Å². The molecule has 1 atom stereocenters. The SMILES string of the molecule is CCc1cc(N2CCCC(NC(=O)CCc3cncn3C)C2)ncn1. The molecule has 134 valence electrons. The number of nitrogens with zero attached hydrogens (tertiary/aromatic N) is 5. The predicted molar refractivity (Wildman–Crippen MR) is 96.3 cm³/mol. The Labute approximate surface area is 148 Å². The molecule has 0 spiro atoms. The lowest BCUT2D eigenvalue weighted by Crippen LogP contribution is -2.48. The summed E-state index contributed by atoms with van der Waals surface area (Å²) in [6, 6.07) is 2.22. The van der Waals surface area contributed by atoms with Gasteiger partial charge in [-0.05, 0) is 25.7 Å². The van der Waals surface area contributed by atoms with Crippen molar-refractivity contribution < 1.29 is 4.79 Å². The molecule has 0 aliphatic carbocycles. The zero-order valence-corrected chi connectivity index (χ0v) is 15.0. The number of carbonyl (C=O) groups is 1. The van der Waals surface area contributed by atoms with Gasteiger partial charge in [0.15, 0.2) is 0 Å². The summed E-state index contributed by atoms with van der Waals surface area (Å²) in [5.41, 5.74) is 2.13. The number of hydrogen-bond donors (Lipinski definition) is 1. The molecule has 1 unspecified atom stereocenters. The number of piperidine rings is 1. The van der Waals surface area contributed by atoms with E-state index in [9.17, 15) is 4.79 Å². The summed E-state index contributed by atoms with van der Waals surface area (Å²) in [6.07, 6.45) is 9.38. The number of hydrogen-bond acceptors (Lipinski definition) is 5. The van der Waals surface area contributed by atoms with Gasteiger partial charge < -0.3 is 14.8 Å². The van der Waals surface area contributed by atoms with Crippen LogP contribution in [0.1, 0.15) is 37.6 Å². The molecule has 0 saturated carbocycles. The number of aromatic nitrogens is 4. The number of imidazole rings is 1. The fraction of sp³-hybridized carbons (Fsp3) is 0.556. The number of nitrogens with one attached hydrogen (secondary N) is 1. The number of anilines is 1. The number of carbonyl (C=O) groups excluding carboxylic acids is 1. The minimum atomic E-state index is 0.102. The third-order valence-electron chi connectivity index (χ3n) is 4.71. The quantitative estimate of drug-likeness (QED) is 0.861. The smallest absolute Gasteiger partial charge is 0.220 e. The molecule has 0 aromatic carbocycles. The van der Waals surface area contributed by atoms with E-state index in [1.54, 1.807) is 12.7 Å². The highest BCUT2D eigenvalue weighted by atomic mass is 16.1. The molecule has 2 aromatic rings. The Morgan fingerprint density at radius 2 is 2.28 bits per heavy atom. The summed E-state index contributed by atoms with van der Waals surface area (Å²) in [5, 5.41) is 3.18. The lowest BCUT2D eigenvalue weighted by Gasteiger charge is -2.34. The Kier molecular flexibility index (Phi) is 5.63. The molecule has 1 N–H and O–H groups in total. The molecular weight excluding hydrogens is 316 g/mol. The van der Waals surface area contributed by atoms with E-state index in [0.29, 0.717) is 12.8 Å². The van der Waals surface area contributed by atoms with Crippen molar-refractivity contribution in [1.29, 1.82) is 0 Å². The summed E-state index contributed by atoms with van der Waals surface area (Å²) >= 11 is 0. The summed E-state index contributed by atoms with van der Waals surface area (Å²) in [4.78, 5) is 27.3. The van der Waals surface area contributed by atoms with Crippen molar-refractivity contribution in [2.75, 3.05) is 18.0 Å². The second kappa shape index (κ2) is 8.09. The van der Waals surface area contributed by atoms with E-state index in [2.05, 4.69) is 32.1 Å². The first kappa shape index (κ1) is 17.4. The van der Waals surface area contributed by atoms with Gasteiger partial charge in [-0.2, -0.15) is 0 Å². The Bertz CT molecular complexity index is 713. The van der Waals surface area contributed by atoms with Crippen molar-refractivity contribution in [2.24, 2.45) is 7.05 Å². The third-order valence-corrected chi connectivity index (χ3v) is 4.71. The molecule has 1 saturated heterocycles. The fourth-order valence-corrected chi connectivity index (χ4v) is 3.22. The maximum absolute atomic E-state index is 12.3. The second-order valence-corrected chi connectivity index (χ2v) is 6.57. The van der Waals surface area contributed by atoms with Gasteiger partial charge in [0, 0.05) is 56.3 Å². The minimum absolute atomic E-state index is 0.102. The Morgan fingerprint density at radius 1 is 1.40 bits per heavy atom. The molecular formula is C18H26N6O. The molecule has 3 rings (SSSR count). The molecule has 25 heavy (non-hydrogen) atoms. The average Bonchev–Trinajstić information content (AvgIpc) is 3.05. The summed E-state index contributed by atoms with van der Waals surface area (Å²) in [5.74, 6) is 1.06. The molecule has 7 nitrogen and oxygen atoms in total. The van der Waals surface area contributed by atoms with Crippen molar-refractivity contribution >= 4 is 11.7 Å². The van der Waals surface area contributed by atoms with E-state index < -0.39 is 0 Å². The monoisotopic (exact) mass is 342 g/mol. The summed E-state index contributed by atoms with van der Waals surface area (Å²) < 4.78 is 1.95. The Hall–Kier alpha value is -2.44. The van der Waals surface area contributed by atoms with Gasteiger partial charge in [-0.1, -0.05) is 6.92 Å². The van der Waals surface area contributed by atoms with E-state index in [1.165, 1.54) is 0 Å². The van der Waals surface area contributed by atoms with Crippen LogP contribution in [0, 0.1) is 0 Å². The van der Waals surface area contributed by atoms with Crippen LogP contribution in [-0.4, -0.2) is 44.6 Å². The molecule has 1 aliphatic heterocycles. The first-order chi connectivity index (χ1) is 12.2. The molecule has 0 bridgehead atoms. The van der Waals surface area contributed by atoms with E-state index >= 15 is 0 Å². The largest absolute Gasteiger partial charge is 0.354 e. The lowest BCUT2D eigenvalue weighted by atomic mass is 10.1. The van der Waals surface area contributed by atoms with E-state index in [-0.39, 0.29) is 11.9 Å². The van der Waals surface area contributed by atoms with E-state index in [0.717, 1.165) is 49.6 Å². The zero-order chi connectivity index (χ0) is 17.6. The molecule has 1 aliphatic rings. The number of rotatable bonds is 6. The third kappa shape index (κ3) is 4.55. The maximum atomic E-state index is 12.3. The number of amides is 1. The van der Waals surface area contributed by atoms with Gasteiger partial charge in [0.05, 0.1) is 6.33 Å². The molecule has 1 fully saturated rings. The lowest BCUT2D eigenvalue weighted by molar-refractivity contribution is -0.121. The summed E-state index contributed by atoms with van der Waals surface area (Å²) in [7, 11) is 1.95. The van der Waals surface area contributed by atoms with E-state index in [1.807, 2.05) is 23.9 Å². The van der Waals surface area contributed by atoms with Gasteiger partial charge in [0.1, 0.15) is 12.1 Å². The van der Waals surface area contributed by atoms with Crippen LogP contribution in [-0.2, 0) is 24.7 Å². The van der Waals surface area contributed by atoms with Gasteiger partial charge in [0.2, 0.25) is 5.91 Å². The second-order valence-electron chi connectivity index (χ2n) is 6.57. The van der Waals surface area contributed by atoms with Crippen LogP contribution in [0.15, 0.2) is 24.9 Å². The molecule has 1 amide bonds. The van der Waals surface area contributed by atoms with Crippen LogP contribution in [0.2, 0.25) is 0 Å². The summed E-state index contributed by atoms with van der Waals surface area (Å²) in [6.45, 7) is 3.87. The Balaban J connectivity index is 1.52. The van der Waals surface area contributed by atoms with E-state index in [4.69, 9.17) is 0 Å². The maximum Gasteiger partial charge on any atom is 0.220 e. The van der Waals surface area contributed by atoms with Gasteiger partial charge in [-0.3, -0.25) is 4.79 Å². The van der Waals surface area contributed by atoms with Crippen LogP contribution >= 0.6 is 0 Å². The van der Waals surface area contributed by atoms with Crippen LogP contribution in [0.25, 0.3) is 0 Å². The fourth-order valence-electron chi connectivity index (χ4n) is 3.22. The molecule has 7 heteroatoms. The normalized spacial score (nSPS) is 17.5. The molecule has 3 heterocycles. The molecule has 2 aromatic heterocycles. The van der Waals surface area contributed by atoms with Crippen LogP contribution in [0.5, 0.6) is 0 Å².